The third-order valence-corrected chi connectivity index (χ3v) is 8.93. The molecule has 0 aliphatic heterocycles. The fourth-order valence-electron chi connectivity index (χ4n) is 2.20. The number of hydrogen-bond acceptors (Lipinski definition) is 1. The predicted octanol–water partition coefficient (Wildman–Crippen LogP) is 4.59. The van der Waals surface area contributed by atoms with Gasteiger partial charge in [-0.25, -0.2) is 0 Å². The largest absolute Gasteiger partial charge is 0.403 e. The van der Waals surface area contributed by atoms with E-state index in [9.17, 15) is 0 Å². The van der Waals surface area contributed by atoms with Crippen LogP contribution in [0, 0.1) is 18.3 Å². The summed E-state index contributed by atoms with van der Waals surface area (Å²) in [5.41, 5.74) is 0. The summed E-state index contributed by atoms with van der Waals surface area (Å²) in [6.45, 7) is 11.4. The second-order valence-electron chi connectivity index (χ2n) is 6.86. The summed E-state index contributed by atoms with van der Waals surface area (Å²) in [5.74, 6) is 3.51. The molecule has 0 radical (unpaired) electrons. The van der Waals surface area contributed by atoms with E-state index in [0.29, 0.717) is 5.92 Å². The van der Waals surface area contributed by atoms with Crippen molar-refractivity contribution in [3.63, 3.8) is 0 Å². The third kappa shape index (κ3) is 3.86. The Morgan fingerprint density at radius 3 is 2.12 bits per heavy atom. The molecule has 1 atom stereocenters. The van der Waals surface area contributed by atoms with Crippen LogP contribution in [0.1, 0.15) is 52.9 Å². The first-order valence-electron chi connectivity index (χ1n) is 6.92. The van der Waals surface area contributed by atoms with Gasteiger partial charge in [0.15, 0.2) is 8.32 Å². The molecule has 1 rings (SSSR count). The van der Waals surface area contributed by atoms with Gasteiger partial charge < -0.3 is 4.43 Å². The van der Waals surface area contributed by atoms with Gasteiger partial charge in [0.25, 0.3) is 0 Å². The molecule has 2 heteroatoms. The van der Waals surface area contributed by atoms with Gasteiger partial charge in [-0.15, -0.1) is 6.42 Å². The van der Waals surface area contributed by atoms with Crippen molar-refractivity contribution in [2.75, 3.05) is 0 Å². The quantitative estimate of drug-likeness (QED) is 0.527. The molecule has 1 unspecified atom stereocenters. The summed E-state index contributed by atoms with van der Waals surface area (Å²) in [6.07, 6.45) is 12.3. The van der Waals surface area contributed by atoms with E-state index < -0.39 is 8.32 Å². The second-order valence-corrected chi connectivity index (χ2v) is 11.6. The number of rotatable bonds is 3. The van der Waals surface area contributed by atoms with Crippen molar-refractivity contribution < 1.29 is 4.43 Å². The van der Waals surface area contributed by atoms with E-state index in [1.807, 2.05) is 0 Å². The molecule has 0 spiro atoms. The van der Waals surface area contributed by atoms with Crippen molar-refractivity contribution in [1.29, 1.82) is 0 Å². The highest BCUT2D eigenvalue weighted by molar-refractivity contribution is 6.74. The van der Waals surface area contributed by atoms with Crippen LogP contribution in [0.15, 0.2) is 0 Å². The lowest BCUT2D eigenvalue weighted by molar-refractivity contribution is 0.139. The van der Waals surface area contributed by atoms with E-state index >= 15 is 0 Å². The molecule has 0 aromatic heterocycles. The highest BCUT2D eigenvalue weighted by Gasteiger charge is 2.40. The lowest BCUT2D eigenvalue weighted by Gasteiger charge is -2.40. The zero-order chi connectivity index (χ0) is 13.1. The summed E-state index contributed by atoms with van der Waals surface area (Å²) in [5, 5.41) is 0.247. The van der Waals surface area contributed by atoms with Crippen molar-refractivity contribution in [3.8, 4) is 12.3 Å². The van der Waals surface area contributed by atoms with Gasteiger partial charge in [-0.3, -0.25) is 0 Å². The molecule has 1 aliphatic carbocycles. The Morgan fingerprint density at radius 1 is 1.18 bits per heavy atom. The van der Waals surface area contributed by atoms with Gasteiger partial charge in [0.2, 0.25) is 0 Å². The molecule has 1 aliphatic rings. The Hall–Kier alpha value is -0.263. The van der Waals surface area contributed by atoms with Gasteiger partial charge in [0.1, 0.15) is 6.10 Å². The Morgan fingerprint density at radius 2 is 1.71 bits per heavy atom. The van der Waals surface area contributed by atoms with Crippen molar-refractivity contribution in [2.24, 2.45) is 5.92 Å². The van der Waals surface area contributed by atoms with Gasteiger partial charge in [-0.1, -0.05) is 46.0 Å². The molecule has 98 valence electrons. The van der Waals surface area contributed by atoms with E-state index in [1.54, 1.807) is 0 Å². The van der Waals surface area contributed by atoms with E-state index in [2.05, 4.69) is 39.8 Å². The number of hydrogen-bond donors (Lipinski definition) is 0. The van der Waals surface area contributed by atoms with Crippen molar-refractivity contribution >= 4 is 8.32 Å². The van der Waals surface area contributed by atoms with Crippen molar-refractivity contribution in [1.82, 2.24) is 0 Å². The molecule has 0 N–H and O–H groups in total. The minimum absolute atomic E-state index is 0.0520. The monoisotopic (exact) mass is 252 g/mol. The van der Waals surface area contributed by atoms with Crippen molar-refractivity contribution in [3.05, 3.63) is 0 Å². The highest BCUT2D eigenvalue weighted by Crippen LogP contribution is 2.39. The Labute approximate surface area is 108 Å². The molecule has 0 heterocycles. The van der Waals surface area contributed by atoms with Crippen LogP contribution in [0.2, 0.25) is 18.1 Å². The van der Waals surface area contributed by atoms with Crippen LogP contribution in [0.4, 0.5) is 0 Å². The normalized spacial score (nSPS) is 20.9. The Kier molecular flexibility index (Phi) is 4.86. The van der Waals surface area contributed by atoms with Gasteiger partial charge >= 0.3 is 0 Å². The van der Waals surface area contributed by atoms with Gasteiger partial charge in [0.05, 0.1) is 0 Å². The molecule has 0 aromatic carbocycles. The van der Waals surface area contributed by atoms with Gasteiger partial charge in [-0.2, -0.15) is 0 Å². The zero-order valence-electron chi connectivity index (χ0n) is 12.2. The van der Waals surface area contributed by atoms with E-state index in [1.165, 1.54) is 32.1 Å². The first-order valence-corrected chi connectivity index (χ1v) is 9.83. The summed E-state index contributed by atoms with van der Waals surface area (Å²) in [7, 11) is -1.72. The molecular formula is C15H28OSi. The van der Waals surface area contributed by atoms with Crippen LogP contribution >= 0.6 is 0 Å². The Balaban J connectivity index is 2.66. The standard InChI is InChI=1S/C15H28OSi/c1-7-14(13-11-9-8-10-12-13)16-17(5,6)15(2,3)4/h1,13-14H,8-12H2,2-6H3. The topological polar surface area (TPSA) is 9.23 Å². The molecule has 1 saturated carbocycles. The first kappa shape index (κ1) is 14.8. The first-order chi connectivity index (χ1) is 7.78. The molecule has 0 amide bonds. The van der Waals surface area contributed by atoms with Crippen molar-refractivity contribution in [2.45, 2.75) is 77.1 Å². The molecule has 0 saturated heterocycles. The fraction of sp³-hybridized carbons (Fsp3) is 0.867. The highest BCUT2D eigenvalue weighted by atomic mass is 28.4. The second kappa shape index (κ2) is 5.59. The summed E-state index contributed by atoms with van der Waals surface area (Å²) in [6, 6.07) is 0. The van der Waals surface area contributed by atoms with Crippen LogP contribution in [0.3, 0.4) is 0 Å². The maximum absolute atomic E-state index is 6.39. The molecule has 17 heavy (non-hydrogen) atoms. The summed E-state index contributed by atoms with van der Waals surface area (Å²) < 4.78 is 6.39. The predicted molar refractivity (Wildman–Crippen MR) is 77.5 cm³/mol. The van der Waals surface area contributed by atoms with Crippen LogP contribution in [0.25, 0.3) is 0 Å². The molecule has 1 fully saturated rings. The van der Waals surface area contributed by atoms with Crippen LogP contribution in [-0.2, 0) is 4.43 Å². The SMILES string of the molecule is C#CC(O[Si](C)(C)C(C)(C)C)C1CCCCC1. The molecular weight excluding hydrogens is 224 g/mol. The number of terminal acetylenes is 1. The third-order valence-electron chi connectivity index (χ3n) is 4.47. The van der Waals surface area contributed by atoms with E-state index in [4.69, 9.17) is 10.8 Å². The van der Waals surface area contributed by atoms with Gasteiger partial charge in [-0.05, 0) is 36.9 Å². The molecule has 1 nitrogen and oxygen atoms in total. The van der Waals surface area contributed by atoms with Crippen LogP contribution in [-0.4, -0.2) is 14.4 Å². The fourth-order valence-corrected chi connectivity index (χ4v) is 3.45. The maximum atomic E-state index is 6.39. The molecule has 0 aromatic rings. The van der Waals surface area contributed by atoms with E-state index in [-0.39, 0.29) is 11.1 Å². The molecule has 0 bridgehead atoms. The average molecular weight is 252 g/mol. The zero-order valence-corrected chi connectivity index (χ0v) is 13.2. The maximum Gasteiger partial charge on any atom is 0.193 e. The summed E-state index contributed by atoms with van der Waals surface area (Å²) in [4.78, 5) is 0. The van der Waals surface area contributed by atoms with Crippen LogP contribution in [0.5, 0.6) is 0 Å². The summed E-state index contributed by atoms with van der Waals surface area (Å²) >= 11 is 0. The lowest BCUT2D eigenvalue weighted by Crippen LogP contribution is -2.45. The van der Waals surface area contributed by atoms with Gasteiger partial charge in [0, 0.05) is 0 Å². The van der Waals surface area contributed by atoms with E-state index in [0.717, 1.165) is 0 Å². The lowest BCUT2D eigenvalue weighted by atomic mass is 9.85. The minimum atomic E-state index is -1.72. The minimum Gasteiger partial charge on any atom is -0.403 e. The average Bonchev–Trinajstić information content (AvgIpc) is 2.25. The van der Waals surface area contributed by atoms with Crippen LogP contribution < -0.4 is 0 Å². The smallest absolute Gasteiger partial charge is 0.193 e. The Bertz CT molecular complexity index is 276.